The lowest BCUT2D eigenvalue weighted by Gasteiger charge is -2.08. The van der Waals surface area contributed by atoms with Gasteiger partial charge in [0.1, 0.15) is 17.4 Å². The van der Waals surface area contributed by atoms with Crippen LogP contribution in [-0.4, -0.2) is 28.7 Å². The van der Waals surface area contributed by atoms with Crippen molar-refractivity contribution in [2.45, 2.75) is 5.16 Å². The first-order valence-corrected chi connectivity index (χ1v) is 9.26. The molecule has 0 aliphatic carbocycles. The van der Waals surface area contributed by atoms with E-state index in [1.54, 1.807) is 43.5 Å². The lowest BCUT2D eigenvalue weighted by atomic mass is 10.1. The number of nitrogens with zero attached hydrogens (tertiary/aromatic N) is 2. The zero-order chi connectivity index (χ0) is 19.9. The minimum absolute atomic E-state index is 0.0613. The van der Waals surface area contributed by atoms with E-state index < -0.39 is 5.56 Å². The molecule has 140 valence electrons. The average molecular weight is 392 g/mol. The van der Waals surface area contributed by atoms with Gasteiger partial charge in [-0.15, -0.1) is 0 Å². The molecule has 1 amide bonds. The standard InChI is InChI=1S/C20H16N4O3S/c1-27-15-9-7-13(8-10-15)18-16(11-21)19(26)24-20(23-18)28-12-17(25)22-14-5-3-2-4-6-14/h2-10H,12H2,1H3,(H,22,25)(H,23,24,26). The Balaban J connectivity index is 1.80. The van der Waals surface area contributed by atoms with Crippen LogP contribution in [0.5, 0.6) is 5.75 Å². The van der Waals surface area contributed by atoms with Crippen LogP contribution >= 0.6 is 11.8 Å². The van der Waals surface area contributed by atoms with E-state index in [9.17, 15) is 14.9 Å². The summed E-state index contributed by atoms with van der Waals surface area (Å²) in [5.41, 5.74) is 0.935. The molecule has 28 heavy (non-hydrogen) atoms. The van der Waals surface area contributed by atoms with Crippen LogP contribution in [0.3, 0.4) is 0 Å². The summed E-state index contributed by atoms with van der Waals surface area (Å²) in [4.78, 5) is 31.3. The number of hydrogen-bond donors (Lipinski definition) is 2. The number of para-hydroxylation sites is 1. The third-order valence-corrected chi connectivity index (χ3v) is 4.64. The highest BCUT2D eigenvalue weighted by atomic mass is 32.2. The van der Waals surface area contributed by atoms with Crippen molar-refractivity contribution in [1.82, 2.24) is 9.97 Å². The Morgan fingerprint density at radius 3 is 2.57 bits per heavy atom. The number of nitrogens with one attached hydrogen (secondary N) is 2. The zero-order valence-corrected chi connectivity index (χ0v) is 15.7. The summed E-state index contributed by atoms with van der Waals surface area (Å²) in [5.74, 6) is 0.486. The van der Waals surface area contributed by atoms with Crippen molar-refractivity contribution >= 4 is 23.4 Å². The number of methoxy groups -OCH3 is 1. The maximum Gasteiger partial charge on any atom is 0.270 e. The van der Waals surface area contributed by atoms with Gasteiger partial charge in [0.25, 0.3) is 5.56 Å². The summed E-state index contributed by atoms with van der Waals surface area (Å²) in [6, 6.07) is 17.8. The Labute approximate surface area is 165 Å². The lowest BCUT2D eigenvalue weighted by Crippen LogP contribution is -2.17. The molecule has 0 spiro atoms. The maximum absolute atomic E-state index is 12.3. The fourth-order valence-corrected chi connectivity index (χ4v) is 3.10. The van der Waals surface area contributed by atoms with Crippen molar-refractivity contribution in [1.29, 1.82) is 5.26 Å². The van der Waals surface area contributed by atoms with Gasteiger partial charge in [-0.3, -0.25) is 9.59 Å². The molecule has 8 heteroatoms. The number of H-pyrrole nitrogens is 1. The molecule has 2 N–H and O–H groups in total. The number of ether oxygens (including phenoxy) is 1. The fraction of sp³-hybridized carbons (Fsp3) is 0.100. The van der Waals surface area contributed by atoms with Crippen molar-refractivity contribution in [2.24, 2.45) is 0 Å². The second-order valence-corrected chi connectivity index (χ2v) is 6.60. The van der Waals surface area contributed by atoms with Crippen LogP contribution in [0.2, 0.25) is 0 Å². The zero-order valence-electron chi connectivity index (χ0n) is 14.9. The number of nitriles is 1. The SMILES string of the molecule is COc1ccc(-c2nc(SCC(=O)Nc3ccccc3)[nH]c(=O)c2C#N)cc1. The first-order chi connectivity index (χ1) is 13.6. The third-order valence-electron chi connectivity index (χ3n) is 3.77. The second kappa shape index (κ2) is 8.88. The van der Waals surface area contributed by atoms with E-state index in [0.717, 1.165) is 11.8 Å². The smallest absolute Gasteiger partial charge is 0.270 e. The summed E-state index contributed by atoms with van der Waals surface area (Å²) in [7, 11) is 1.55. The Bertz CT molecular complexity index is 1070. The van der Waals surface area contributed by atoms with E-state index in [0.29, 0.717) is 17.0 Å². The van der Waals surface area contributed by atoms with Crippen molar-refractivity contribution in [3.63, 3.8) is 0 Å². The summed E-state index contributed by atoms with van der Waals surface area (Å²) in [5, 5.41) is 12.4. The van der Waals surface area contributed by atoms with E-state index in [1.165, 1.54) is 0 Å². The van der Waals surface area contributed by atoms with Crippen LogP contribution in [-0.2, 0) is 4.79 Å². The number of anilines is 1. The van der Waals surface area contributed by atoms with E-state index in [2.05, 4.69) is 15.3 Å². The minimum Gasteiger partial charge on any atom is -0.497 e. The molecule has 0 aliphatic heterocycles. The molecule has 7 nitrogen and oxygen atoms in total. The Hall–Kier alpha value is -3.57. The Kier molecular flexibility index (Phi) is 6.09. The van der Waals surface area contributed by atoms with Crippen molar-refractivity contribution < 1.29 is 9.53 Å². The number of carbonyl (C=O) groups is 1. The Morgan fingerprint density at radius 1 is 1.21 bits per heavy atom. The highest BCUT2D eigenvalue weighted by molar-refractivity contribution is 7.99. The van der Waals surface area contributed by atoms with Crippen molar-refractivity contribution in [3.8, 4) is 23.1 Å². The molecule has 0 bridgehead atoms. The van der Waals surface area contributed by atoms with Gasteiger partial charge in [-0.05, 0) is 36.4 Å². The van der Waals surface area contributed by atoms with Crippen molar-refractivity contribution in [3.05, 3.63) is 70.5 Å². The Morgan fingerprint density at radius 2 is 1.93 bits per heavy atom. The van der Waals surface area contributed by atoms with Gasteiger partial charge in [-0.2, -0.15) is 5.26 Å². The third kappa shape index (κ3) is 4.58. The lowest BCUT2D eigenvalue weighted by molar-refractivity contribution is -0.113. The number of aromatic nitrogens is 2. The van der Waals surface area contributed by atoms with Gasteiger partial charge in [0.15, 0.2) is 5.16 Å². The molecule has 0 unspecified atom stereocenters. The van der Waals surface area contributed by atoms with Gasteiger partial charge < -0.3 is 15.0 Å². The van der Waals surface area contributed by atoms with Crippen LogP contribution < -0.4 is 15.6 Å². The number of carbonyl (C=O) groups excluding carboxylic acids is 1. The molecule has 0 radical (unpaired) electrons. The molecule has 3 rings (SSSR count). The first-order valence-electron chi connectivity index (χ1n) is 8.27. The van der Waals surface area contributed by atoms with Crippen LogP contribution in [0.25, 0.3) is 11.3 Å². The predicted octanol–water partition coefficient (Wildman–Crippen LogP) is 3.05. The molecule has 0 fully saturated rings. The molecule has 3 aromatic rings. The molecular weight excluding hydrogens is 376 g/mol. The van der Waals surface area contributed by atoms with E-state index in [4.69, 9.17) is 4.74 Å². The van der Waals surface area contributed by atoms with E-state index >= 15 is 0 Å². The highest BCUT2D eigenvalue weighted by Gasteiger charge is 2.14. The molecule has 2 aromatic carbocycles. The van der Waals surface area contributed by atoms with E-state index in [-0.39, 0.29) is 28.1 Å². The van der Waals surface area contributed by atoms with Gasteiger partial charge in [-0.25, -0.2) is 4.98 Å². The summed E-state index contributed by atoms with van der Waals surface area (Å²) >= 11 is 1.08. The van der Waals surface area contributed by atoms with E-state index in [1.807, 2.05) is 24.3 Å². The largest absolute Gasteiger partial charge is 0.497 e. The summed E-state index contributed by atoms with van der Waals surface area (Å²) in [6.45, 7) is 0. The van der Waals surface area contributed by atoms with Gasteiger partial charge >= 0.3 is 0 Å². The highest BCUT2D eigenvalue weighted by Crippen LogP contribution is 2.24. The molecule has 0 atom stereocenters. The quantitative estimate of drug-likeness (QED) is 0.493. The molecule has 0 saturated carbocycles. The number of benzene rings is 2. The second-order valence-electron chi connectivity index (χ2n) is 5.64. The molecule has 0 saturated heterocycles. The number of hydrogen-bond acceptors (Lipinski definition) is 6. The molecule has 1 aromatic heterocycles. The van der Waals surface area contributed by atoms with Crippen LogP contribution in [0.1, 0.15) is 5.56 Å². The van der Waals surface area contributed by atoms with Crippen molar-refractivity contribution in [2.75, 3.05) is 18.2 Å². The number of thioether (sulfide) groups is 1. The molecule has 0 aliphatic rings. The van der Waals surface area contributed by atoms with Gasteiger partial charge in [0, 0.05) is 11.3 Å². The minimum atomic E-state index is -0.547. The number of rotatable bonds is 6. The van der Waals surface area contributed by atoms with Crippen LogP contribution in [0.4, 0.5) is 5.69 Å². The summed E-state index contributed by atoms with van der Waals surface area (Å²) in [6.07, 6.45) is 0. The van der Waals surface area contributed by atoms with Gasteiger partial charge in [-0.1, -0.05) is 30.0 Å². The normalized spacial score (nSPS) is 10.1. The van der Waals surface area contributed by atoms with Gasteiger partial charge in [0.2, 0.25) is 5.91 Å². The average Bonchev–Trinajstić information content (AvgIpc) is 2.72. The fourth-order valence-electron chi connectivity index (χ4n) is 2.43. The maximum atomic E-state index is 12.3. The predicted molar refractivity (Wildman–Crippen MR) is 107 cm³/mol. The van der Waals surface area contributed by atoms with Crippen LogP contribution in [0, 0.1) is 11.3 Å². The monoisotopic (exact) mass is 392 g/mol. The molecular formula is C20H16N4O3S. The number of aromatic amines is 1. The topological polar surface area (TPSA) is 108 Å². The summed E-state index contributed by atoms with van der Waals surface area (Å²) < 4.78 is 5.12. The first kappa shape index (κ1) is 19.2. The van der Waals surface area contributed by atoms with Gasteiger partial charge in [0.05, 0.1) is 18.6 Å². The molecule has 1 heterocycles. The number of amides is 1. The van der Waals surface area contributed by atoms with Crippen LogP contribution in [0.15, 0.2) is 64.5 Å².